The first-order chi connectivity index (χ1) is 13.1. The zero-order chi connectivity index (χ0) is 18.8. The number of fused-ring (bicyclic) bond motifs is 1. The van der Waals surface area contributed by atoms with Crippen molar-refractivity contribution in [3.63, 3.8) is 0 Å². The van der Waals surface area contributed by atoms with Crippen LogP contribution in [0.3, 0.4) is 0 Å². The molecule has 2 heterocycles. The highest BCUT2D eigenvalue weighted by Gasteiger charge is 2.22. The van der Waals surface area contributed by atoms with Gasteiger partial charge in [0.1, 0.15) is 5.82 Å². The standard InChI is InChI=1S/C19H13FN2O4S/c20-12-6-4-11(5-7-12)15-8-9-16(27-15)19(24)22-21-18(23)13-2-1-3-14-17(13)26-10-25-14/h1-9H,10H2,(H,21,23)(H,22,24). The predicted molar refractivity (Wildman–Crippen MR) is 97.2 cm³/mol. The average molecular weight is 384 g/mol. The molecule has 4 rings (SSSR count). The van der Waals surface area contributed by atoms with E-state index in [0.29, 0.717) is 16.4 Å². The summed E-state index contributed by atoms with van der Waals surface area (Å²) >= 11 is 1.24. The van der Waals surface area contributed by atoms with Gasteiger partial charge in [0.15, 0.2) is 11.5 Å². The van der Waals surface area contributed by atoms with E-state index in [9.17, 15) is 14.0 Å². The van der Waals surface area contributed by atoms with E-state index in [4.69, 9.17) is 9.47 Å². The van der Waals surface area contributed by atoms with Crippen molar-refractivity contribution in [2.75, 3.05) is 6.79 Å². The smallest absolute Gasteiger partial charge is 0.279 e. The summed E-state index contributed by atoms with van der Waals surface area (Å²) in [5.74, 6) is -0.458. The van der Waals surface area contributed by atoms with Gasteiger partial charge in [-0.1, -0.05) is 18.2 Å². The summed E-state index contributed by atoms with van der Waals surface area (Å²) in [6.07, 6.45) is 0. The number of benzene rings is 2. The summed E-state index contributed by atoms with van der Waals surface area (Å²) in [6.45, 7) is 0.0490. The summed E-state index contributed by atoms with van der Waals surface area (Å²) in [4.78, 5) is 25.8. The summed E-state index contributed by atoms with van der Waals surface area (Å²) in [5.41, 5.74) is 5.82. The molecule has 0 spiro atoms. The first-order valence-electron chi connectivity index (χ1n) is 7.97. The summed E-state index contributed by atoms with van der Waals surface area (Å²) in [5, 5.41) is 0. The second-order valence-corrected chi connectivity index (χ2v) is 6.70. The van der Waals surface area contributed by atoms with Gasteiger partial charge in [-0.25, -0.2) is 4.39 Å². The van der Waals surface area contributed by atoms with Crippen molar-refractivity contribution in [3.05, 3.63) is 70.9 Å². The lowest BCUT2D eigenvalue weighted by Crippen LogP contribution is -2.41. The Bertz CT molecular complexity index is 1020. The Morgan fingerprint density at radius 1 is 0.926 bits per heavy atom. The number of para-hydroxylation sites is 1. The summed E-state index contributed by atoms with van der Waals surface area (Å²) in [7, 11) is 0. The maximum absolute atomic E-state index is 13.0. The molecule has 0 atom stereocenters. The van der Waals surface area contributed by atoms with Crippen molar-refractivity contribution in [2.24, 2.45) is 0 Å². The third kappa shape index (κ3) is 3.47. The molecule has 0 fully saturated rings. The fourth-order valence-electron chi connectivity index (χ4n) is 2.58. The second kappa shape index (κ2) is 7.08. The molecule has 27 heavy (non-hydrogen) atoms. The number of ether oxygens (including phenoxy) is 2. The minimum atomic E-state index is -0.513. The van der Waals surface area contributed by atoms with E-state index in [-0.39, 0.29) is 18.2 Å². The number of thiophene rings is 1. The van der Waals surface area contributed by atoms with E-state index in [2.05, 4.69) is 10.9 Å². The molecule has 1 aliphatic heterocycles. The number of hydrogen-bond acceptors (Lipinski definition) is 5. The monoisotopic (exact) mass is 384 g/mol. The van der Waals surface area contributed by atoms with Gasteiger partial charge in [-0.3, -0.25) is 20.4 Å². The minimum Gasteiger partial charge on any atom is -0.454 e. The Morgan fingerprint density at radius 2 is 1.70 bits per heavy atom. The number of nitrogens with one attached hydrogen (secondary N) is 2. The van der Waals surface area contributed by atoms with Crippen LogP contribution in [0.4, 0.5) is 4.39 Å². The zero-order valence-electron chi connectivity index (χ0n) is 13.8. The average Bonchev–Trinajstić information content (AvgIpc) is 3.35. The number of carbonyl (C=O) groups is 2. The van der Waals surface area contributed by atoms with Crippen molar-refractivity contribution >= 4 is 23.2 Å². The Kier molecular flexibility index (Phi) is 4.47. The van der Waals surface area contributed by atoms with Gasteiger partial charge in [0, 0.05) is 4.88 Å². The molecule has 0 unspecified atom stereocenters. The largest absolute Gasteiger partial charge is 0.454 e. The van der Waals surface area contributed by atoms with Gasteiger partial charge in [0.2, 0.25) is 6.79 Å². The van der Waals surface area contributed by atoms with Crippen LogP contribution in [-0.2, 0) is 0 Å². The highest BCUT2D eigenvalue weighted by molar-refractivity contribution is 7.17. The van der Waals surface area contributed by atoms with Crippen molar-refractivity contribution < 1.29 is 23.5 Å². The molecule has 0 saturated heterocycles. The molecular weight excluding hydrogens is 371 g/mol. The van der Waals surface area contributed by atoms with Crippen molar-refractivity contribution in [2.45, 2.75) is 0 Å². The van der Waals surface area contributed by atoms with Gasteiger partial charge in [0.25, 0.3) is 11.8 Å². The summed E-state index contributed by atoms with van der Waals surface area (Å²) < 4.78 is 23.5. The third-order valence-electron chi connectivity index (χ3n) is 3.89. The van der Waals surface area contributed by atoms with Crippen LogP contribution >= 0.6 is 11.3 Å². The van der Waals surface area contributed by atoms with Crippen molar-refractivity contribution in [3.8, 4) is 21.9 Å². The number of hydrazine groups is 1. The van der Waals surface area contributed by atoms with Gasteiger partial charge in [0.05, 0.1) is 10.4 Å². The fourth-order valence-corrected chi connectivity index (χ4v) is 3.49. The lowest BCUT2D eigenvalue weighted by atomic mass is 10.2. The number of halogens is 1. The Labute approximate surface area is 157 Å². The Hall–Kier alpha value is -3.39. The lowest BCUT2D eigenvalue weighted by molar-refractivity contribution is 0.0846. The number of rotatable bonds is 3. The Morgan fingerprint density at radius 3 is 2.52 bits per heavy atom. The van der Waals surface area contributed by atoms with E-state index >= 15 is 0 Å². The van der Waals surface area contributed by atoms with E-state index in [1.165, 1.54) is 23.5 Å². The van der Waals surface area contributed by atoms with Crippen molar-refractivity contribution in [1.29, 1.82) is 0 Å². The molecule has 8 heteroatoms. The second-order valence-electron chi connectivity index (χ2n) is 5.62. The van der Waals surface area contributed by atoms with Crippen LogP contribution in [0.5, 0.6) is 11.5 Å². The van der Waals surface area contributed by atoms with Crippen molar-refractivity contribution in [1.82, 2.24) is 10.9 Å². The molecule has 3 aromatic rings. The summed E-state index contributed by atoms with van der Waals surface area (Å²) in [6, 6.07) is 14.3. The maximum Gasteiger partial charge on any atom is 0.279 e. The molecular formula is C19H13FN2O4S. The molecule has 2 N–H and O–H groups in total. The molecule has 0 saturated carbocycles. The first-order valence-corrected chi connectivity index (χ1v) is 8.78. The van der Waals surface area contributed by atoms with Gasteiger partial charge in [-0.2, -0.15) is 0 Å². The number of hydrogen-bond donors (Lipinski definition) is 2. The molecule has 136 valence electrons. The third-order valence-corrected chi connectivity index (χ3v) is 5.02. The molecule has 0 radical (unpaired) electrons. The normalized spacial score (nSPS) is 11.9. The number of carbonyl (C=O) groups excluding carboxylic acids is 2. The molecule has 2 aromatic carbocycles. The lowest BCUT2D eigenvalue weighted by Gasteiger charge is -2.08. The van der Waals surface area contributed by atoms with Crippen LogP contribution in [-0.4, -0.2) is 18.6 Å². The quantitative estimate of drug-likeness (QED) is 0.679. The highest BCUT2D eigenvalue weighted by Crippen LogP contribution is 2.35. The van der Waals surface area contributed by atoms with Gasteiger partial charge >= 0.3 is 0 Å². The van der Waals surface area contributed by atoms with Gasteiger partial charge in [-0.15, -0.1) is 11.3 Å². The SMILES string of the molecule is O=C(NNC(=O)c1cccc2c1OCO2)c1ccc(-c2ccc(F)cc2)s1. The van der Waals surface area contributed by atoms with Gasteiger partial charge in [-0.05, 0) is 42.0 Å². The topological polar surface area (TPSA) is 76.7 Å². The molecule has 0 bridgehead atoms. The first kappa shape index (κ1) is 17.0. The van der Waals surface area contributed by atoms with Gasteiger partial charge < -0.3 is 9.47 Å². The predicted octanol–water partition coefficient (Wildman–Crippen LogP) is 3.36. The molecule has 1 aliphatic rings. The van der Waals surface area contributed by atoms with Crippen LogP contribution in [0.25, 0.3) is 10.4 Å². The number of amides is 2. The van der Waals surface area contributed by atoms with Crippen LogP contribution in [0, 0.1) is 5.82 Å². The van der Waals surface area contributed by atoms with Crippen LogP contribution < -0.4 is 20.3 Å². The molecule has 1 aromatic heterocycles. The minimum absolute atomic E-state index is 0.0490. The molecule has 6 nitrogen and oxygen atoms in total. The zero-order valence-corrected chi connectivity index (χ0v) is 14.6. The highest BCUT2D eigenvalue weighted by atomic mass is 32.1. The molecule has 0 aliphatic carbocycles. The van der Waals surface area contributed by atoms with E-state index in [1.54, 1.807) is 42.5 Å². The maximum atomic E-state index is 13.0. The van der Waals surface area contributed by atoms with E-state index in [1.807, 2.05) is 0 Å². The van der Waals surface area contributed by atoms with E-state index < -0.39 is 11.8 Å². The van der Waals surface area contributed by atoms with Crippen LogP contribution in [0.1, 0.15) is 20.0 Å². The van der Waals surface area contributed by atoms with Crippen LogP contribution in [0.2, 0.25) is 0 Å². The molecule has 2 amide bonds. The van der Waals surface area contributed by atoms with Crippen LogP contribution in [0.15, 0.2) is 54.6 Å². The van der Waals surface area contributed by atoms with E-state index in [0.717, 1.165) is 10.4 Å². The Balaban J connectivity index is 1.42. The fraction of sp³-hybridized carbons (Fsp3) is 0.0526.